The van der Waals surface area contributed by atoms with Gasteiger partial charge in [0.1, 0.15) is 17.5 Å². The first kappa shape index (κ1) is 12.9. The van der Waals surface area contributed by atoms with Crippen LogP contribution in [0.4, 0.5) is 5.69 Å². The van der Waals surface area contributed by atoms with E-state index in [-0.39, 0.29) is 12.0 Å². The van der Waals surface area contributed by atoms with Crippen LogP contribution in [0, 0.1) is 0 Å². The number of para-hydroxylation sites is 2. The number of fused-ring (bicyclic) bond motifs is 2. The number of hydrogen-bond acceptors (Lipinski definition) is 3. The summed E-state index contributed by atoms with van der Waals surface area (Å²) in [6.45, 7) is 2.48. The summed E-state index contributed by atoms with van der Waals surface area (Å²) in [5, 5.41) is 0. The molecule has 1 aliphatic heterocycles. The Bertz CT molecular complexity index is 856. The number of amides is 1. The van der Waals surface area contributed by atoms with Crippen LogP contribution >= 0.6 is 0 Å². The molecule has 110 valence electrons. The molecule has 0 aliphatic carbocycles. The highest BCUT2D eigenvalue weighted by molar-refractivity contribution is 6.06. The summed E-state index contributed by atoms with van der Waals surface area (Å²) in [7, 11) is 0. The van der Waals surface area contributed by atoms with Gasteiger partial charge in [-0.2, -0.15) is 0 Å². The topological polar surface area (TPSA) is 46.8 Å². The number of rotatable bonds is 1. The van der Waals surface area contributed by atoms with E-state index in [4.69, 9.17) is 4.74 Å². The van der Waals surface area contributed by atoms with Crippen molar-refractivity contribution in [3.8, 4) is 5.75 Å². The van der Waals surface area contributed by atoms with E-state index in [9.17, 15) is 4.79 Å². The Morgan fingerprint density at radius 1 is 1.27 bits per heavy atom. The molecule has 22 heavy (non-hydrogen) atoms. The van der Waals surface area contributed by atoms with Crippen LogP contribution in [0.15, 0.2) is 55.0 Å². The Kier molecular flexibility index (Phi) is 2.85. The van der Waals surface area contributed by atoms with Crippen molar-refractivity contribution in [1.29, 1.82) is 0 Å². The Hall–Kier alpha value is -2.82. The minimum absolute atomic E-state index is 0.0455. The smallest absolute Gasteiger partial charge is 0.277 e. The summed E-state index contributed by atoms with van der Waals surface area (Å²) < 4.78 is 7.67. The summed E-state index contributed by atoms with van der Waals surface area (Å²) in [6.07, 6.45) is 3.53. The average Bonchev–Trinajstić information content (AvgIpc) is 3.00. The molecule has 1 unspecified atom stereocenters. The maximum Gasteiger partial charge on any atom is 0.277 e. The molecule has 1 amide bonds. The monoisotopic (exact) mass is 293 g/mol. The van der Waals surface area contributed by atoms with Crippen LogP contribution in [0.5, 0.6) is 5.75 Å². The molecule has 0 saturated carbocycles. The van der Waals surface area contributed by atoms with Crippen molar-refractivity contribution in [1.82, 2.24) is 9.38 Å². The van der Waals surface area contributed by atoms with Gasteiger partial charge in [-0.1, -0.05) is 12.1 Å². The molecule has 3 heterocycles. The highest BCUT2D eigenvalue weighted by Crippen LogP contribution is 2.33. The molecule has 0 saturated heterocycles. The molecular formula is C17H15N3O2. The second kappa shape index (κ2) is 4.87. The van der Waals surface area contributed by atoms with Gasteiger partial charge in [0.15, 0.2) is 0 Å². The van der Waals surface area contributed by atoms with Crippen molar-refractivity contribution in [2.45, 2.75) is 13.0 Å². The molecule has 4 rings (SSSR count). The zero-order valence-electron chi connectivity index (χ0n) is 12.1. The number of nitrogens with zero attached hydrogens (tertiary/aromatic N) is 3. The molecular weight excluding hydrogens is 278 g/mol. The minimum Gasteiger partial charge on any atom is -0.487 e. The van der Waals surface area contributed by atoms with Crippen molar-refractivity contribution in [3.05, 3.63) is 60.7 Å². The summed E-state index contributed by atoms with van der Waals surface area (Å²) in [4.78, 5) is 18.9. The minimum atomic E-state index is -0.105. The van der Waals surface area contributed by atoms with Gasteiger partial charge in [-0.3, -0.25) is 9.69 Å². The molecule has 0 spiro atoms. The van der Waals surface area contributed by atoms with Gasteiger partial charge in [0.2, 0.25) is 0 Å². The molecule has 0 N–H and O–H groups in total. The number of carbonyl (C=O) groups excluding carboxylic acids is 1. The number of carbonyl (C=O) groups is 1. The highest BCUT2D eigenvalue weighted by Gasteiger charge is 2.28. The van der Waals surface area contributed by atoms with Crippen LogP contribution in [0.25, 0.3) is 5.52 Å². The van der Waals surface area contributed by atoms with E-state index in [2.05, 4.69) is 4.98 Å². The van der Waals surface area contributed by atoms with Gasteiger partial charge in [-0.15, -0.1) is 0 Å². The van der Waals surface area contributed by atoms with Gasteiger partial charge in [-0.05, 0) is 37.3 Å². The maximum absolute atomic E-state index is 12.9. The lowest BCUT2D eigenvalue weighted by Gasteiger charge is -2.33. The predicted molar refractivity (Wildman–Crippen MR) is 83.4 cm³/mol. The van der Waals surface area contributed by atoms with E-state index in [0.717, 1.165) is 17.0 Å². The predicted octanol–water partition coefficient (Wildman–Crippen LogP) is 2.76. The first-order chi connectivity index (χ1) is 10.7. The van der Waals surface area contributed by atoms with E-state index < -0.39 is 0 Å². The van der Waals surface area contributed by atoms with Crippen LogP contribution < -0.4 is 9.64 Å². The maximum atomic E-state index is 12.9. The van der Waals surface area contributed by atoms with E-state index in [1.54, 1.807) is 11.2 Å². The van der Waals surface area contributed by atoms with Gasteiger partial charge in [0.05, 0.1) is 18.6 Å². The second-order valence-corrected chi connectivity index (χ2v) is 5.43. The Labute approximate surface area is 127 Å². The van der Waals surface area contributed by atoms with Crippen molar-refractivity contribution >= 4 is 17.1 Å². The van der Waals surface area contributed by atoms with Crippen LogP contribution in [-0.4, -0.2) is 27.9 Å². The third-order valence-electron chi connectivity index (χ3n) is 3.81. The number of aromatic nitrogens is 2. The SMILES string of the molecule is CC1CN(C(=O)c2cc3cccn3cn2)c2ccccc2O1. The van der Waals surface area contributed by atoms with E-state index in [0.29, 0.717) is 12.2 Å². The fourth-order valence-electron chi connectivity index (χ4n) is 2.77. The van der Waals surface area contributed by atoms with Crippen molar-refractivity contribution in [2.24, 2.45) is 0 Å². The molecule has 1 aliphatic rings. The fourth-order valence-corrected chi connectivity index (χ4v) is 2.77. The van der Waals surface area contributed by atoms with Crippen LogP contribution in [0.2, 0.25) is 0 Å². The Morgan fingerprint density at radius 2 is 2.14 bits per heavy atom. The first-order valence-corrected chi connectivity index (χ1v) is 7.22. The van der Waals surface area contributed by atoms with Crippen molar-refractivity contribution < 1.29 is 9.53 Å². The molecule has 0 radical (unpaired) electrons. The summed E-state index contributed by atoms with van der Waals surface area (Å²) in [6, 6.07) is 13.3. The fraction of sp³-hybridized carbons (Fsp3) is 0.176. The van der Waals surface area contributed by atoms with Crippen LogP contribution in [0.3, 0.4) is 0 Å². The molecule has 1 atom stereocenters. The molecule has 5 heteroatoms. The normalized spacial score (nSPS) is 17.1. The summed E-state index contributed by atoms with van der Waals surface area (Å²) in [5.41, 5.74) is 2.19. The quantitative estimate of drug-likeness (QED) is 0.693. The molecule has 1 aromatic carbocycles. The number of hydrogen-bond donors (Lipinski definition) is 0. The number of anilines is 1. The van der Waals surface area contributed by atoms with Gasteiger partial charge in [0.25, 0.3) is 5.91 Å². The lowest BCUT2D eigenvalue weighted by Crippen LogP contribution is -2.42. The van der Waals surface area contributed by atoms with Crippen molar-refractivity contribution in [3.63, 3.8) is 0 Å². The van der Waals surface area contributed by atoms with Crippen molar-refractivity contribution in [2.75, 3.05) is 11.4 Å². The Balaban J connectivity index is 1.76. The van der Waals surface area contributed by atoms with Crippen LogP contribution in [0.1, 0.15) is 17.4 Å². The lowest BCUT2D eigenvalue weighted by atomic mass is 10.2. The standard InChI is InChI=1S/C17H15N3O2/c1-12-10-20(15-6-2-3-7-16(15)22-12)17(21)14-9-13-5-4-8-19(13)11-18-14/h2-9,11-12H,10H2,1H3. The number of benzene rings is 1. The molecule has 5 nitrogen and oxygen atoms in total. The van der Waals surface area contributed by atoms with Gasteiger partial charge >= 0.3 is 0 Å². The average molecular weight is 293 g/mol. The zero-order chi connectivity index (χ0) is 15.1. The second-order valence-electron chi connectivity index (χ2n) is 5.43. The van der Waals surface area contributed by atoms with Gasteiger partial charge in [0, 0.05) is 11.7 Å². The highest BCUT2D eigenvalue weighted by atomic mass is 16.5. The van der Waals surface area contributed by atoms with E-state index >= 15 is 0 Å². The Morgan fingerprint density at radius 3 is 3.05 bits per heavy atom. The van der Waals surface area contributed by atoms with E-state index in [1.165, 1.54) is 0 Å². The lowest BCUT2D eigenvalue weighted by molar-refractivity contribution is 0.0956. The number of ether oxygens (including phenoxy) is 1. The third kappa shape index (κ3) is 2.02. The van der Waals surface area contributed by atoms with Gasteiger partial charge < -0.3 is 9.14 Å². The largest absolute Gasteiger partial charge is 0.487 e. The van der Waals surface area contributed by atoms with E-state index in [1.807, 2.05) is 60.0 Å². The van der Waals surface area contributed by atoms with Crippen LogP contribution in [-0.2, 0) is 0 Å². The zero-order valence-corrected chi connectivity index (χ0v) is 12.1. The molecule has 3 aromatic rings. The third-order valence-corrected chi connectivity index (χ3v) is 3.81. The summed E-state index contributed by atoms with van der Waals surface area (Å²) >= 11 is 0. The molecule has 2 aromatic heterocycles. The molecule has 0 fully saturated rings. The molecule has 0 bridgehead atoms. The first-order valence-electron chi connectivity index (χ1n) is 7.22. The van der Waals surface area contributed by atoms with Gasteiger partial charge in [-0.25, -0.2) is 4.98 Å². The summed E-state index contributed by atoms with van der Waals surface area (Å²) in [5.74, 6) is 0.629.